The van der Waals surface area contributed by atoms with E-state index in [4.69, 9.17) is 33.3 Å². The maximum absolute atomic E-state index is 6.23. The van der Waals surface area contributed by atoms with Gasteiger partial charge in [0, 0.05) is 17.3 Å². The Kier molecular flexibility index (Phi) is 6.77. The smallest absolute Gasteiger partial charge is 0.176 e. The molecule has 1 heterocycles. The highest BCUT2D eigenvalue weighted by molar-refractivity contribution is 9.10. The van der Waals surface area contributed by atoms with E-state index >= 15 is 0 Å². The fraction of sp³-hybridized carbons (Fsp3) is 0.158. The van der Waals surface area contributed by atoms with Gasteiger partial charge >= 0.3 is 0 Å². The van der Waals surface area contributed by atoms with Crippen LogP contribution in [0, 0.1) is 0 Å². The Hall–Kier alpha value is -2.29. The van der Waals surface area contributed by atoms with Gasteiger partial charge in [-0.25, -0.2) is 0 Å². The number of hydrogen-bond acceptors (Lipinski definition) is 4. The first-order chi connectivity index (χ1) is 13.5. The molecule has 2 N–H and O–H groups in total. The lowest BCUT2D eigenvalue weighted by atomic mass is 10.2. The normalized spacial score (nSPS) is 10.4. The maximum atomic E-state index is 6.23. The number of methoxy groups -OCH3 is 2. The highest BCUT2D eigenvalue weighted by atomic mass is 79.9. The van der Waals surface area contributed by atoms with Crippen molar-refractivity contribution in [3.05, 3.63) is 63.7 Å². The Bertz CT molecular complexity index is 996. The van der Waals surface area contributed by atoms with Gasteiger partial charge in [-0.15, -0.1) is 0 Å². The molecule has 0 spiro atoms. The summed E-state index contributed by atoms with van der Waals surface area (Å²) in [5.41, 5.74) is 1.67. The Balaban J connectivity index is 1.71. The summed E-state index contributed by atoms with van der Waals surface area (Å²) in [6, 6.07) is 13.1. The van der Waals surface area contributed by atoms with Crippen LogP contribution in [0.15, 0.2) is 53.1 Å². The van der Waals surface area contributed by atoms with Crippen LogP contribution in [-0.2, 0) is 6.54 Å². The molecule has 2 aromatic carbocycles. The zero-order chi connectivity index (χ0) is 20.1. The van der Waals surface area contributed by atoms with Gasteiger partial charge < -0.3 is 20.1 Å². The lowest BCUT2D eigenvalue weighted by Crippen LogP contribution is -2.20. The topological polar surface area (TPSA) is 60.3 Å². The van der Waals surface area contributed by atoms with Gasteiger partial charge in [0.05, 0.1) is 30.9 Å². The average Bonchev–Trinajstić information content (AvgIpc) is 3.02. The largest absolute Gasteiger partial charge is 0.497 e. The first-order valence-electron chi connectivity index (χ1n) is 8.26. The highest BCUT2D eigenvalue weighted by Crippen LogP contribution is 2.29. The van der Waals surface area contributed by atoms with Crippen molar-refractivity contribution < 1.29 is 9.47 Å². The fourth-order valence-corrected chi connectivity index (χ4v) is 3.35. The van der Waals surface area contributed by atoms with E-state index in [-0.39, 0.29) is 0 Å². The number of nitrogens with zero attached hydrogens (tertiary/aromatic N) is 2. The minimum absolute atomic E-state index is 0.371. The van der Waals surface area contributed by atoms with Crippen molar-refractivity contribution in [3.8, 4) is 11.5 Å². The molecule has 146 valence electrons. The zero-order valence-electron chi connectivity index (χ0n) is 15.2. The maximum Gasteiger partial charge on any atom is 0.176 e. The van der Waals surface area contributed by atoms with Crippen LogP contribution in [0.3, 0.4) is 0 Å². The third-order valence-corrected chi connectivity index (χ3v) is 5.05. The summed E-state index contributed by atoms with van der Waals surface area (Å²) in [5, 5.41) is 11.8. The van der Waals surface area contributed by atoms with Crippen LogP contribution in [0.4, 0.5) is 11.5 Å². The standard InChI is InChI=1S/C19H18BrClN4O2S/c1-26-13-7-8-17(27-2)16(9-13)22-19(28)23-18-14(20)11-25(24-18)10-12-5-3-4-6-15(12)21/h3-9,11H,10H2,1-2H3,(H2,22,23,24,28). The molecule has 28 heavy (non-hydrogen) atoms. The molecule has 0 radical (unpaired) electrons. The SMILES string of the molecule is COc1ccc(OC)c(NC(=S)Nc2nn(Cc3ccccc3Cl)cc2Br)c1. The molecule has 0 bridgehead atoms. The second-order valence-corrected chi connectivity index (χ2v) is 7.43. The number of ether oxygens (including phenoxy) is 2. The zero-order valence-corrected chi connectivity index (χ0v) is 18.4. The van der Waals surface area contributed by atoms with Crippen molar-refractivity contribution in [2.45, 2.75) is 6.54 Å². The van der Waals surface area contributed by atoms with Crippen molar-refractivity contribution in [3.63, 3.8) is 0 Å². The molecule has 0 fully saturated rings. The van der Waals surface area contributed by atoms with E-state index in [1.807, 2.05) is 36.5 Å². The number of halogens is 2. The monoisotopic (exact) mass is 480 g/mol. The van der Waals surface area contributed by atoms with Gasteiger partial charge in [0.15, 0.2) is 10.9 Å². The van der Waals surface area contributed by atoms with E-state index in [2.05, 4.69) is 31.7 Å². The molecule has 0 aliphatic carbocycles. The van der Waals surface area contributed by atoms with Crippen LogP contribution >= 0.6 is 39.7 Å². The van der Waals surface area contributed by atoms with Crippen LogP contribution < -0.4 is 20.1 Å². The van der Waals surface area contributed by atoms with Crippen LogP contribution in [0.2, 0.25) is 5.02 Å². The minimum atomic E-state index is 0.371. The van der Waals surface area contributed by atoms with Gasteiger partial charge in [-0.3, -0.25) is 4.68 Å². The molecule has 0 aliphatic heterocycles. The van der Waals surface area contributed by atoms with E-state index in [0.29, 0.717) is 39.7 Å². The van der Waals surface area contributed by atoms with Gasteiger partial charge in [-0.05, 0) is 51.9 Å². The Morgan fingerprint density at radius 1 is 1.18 bits per heavy atom. The van der Waals surface area contributed by atoms with E-state index in [0.717, 1.165) is 10.0 Å². The van der Waals surface area contributed by atoms with E-state index in [9.17, 15) is 0 Å². The van der Waals surface area contributed by atoms with E-state index < -0.39 is 0 Å². The molecule has 9 heteroatoms. The molecule has 0 saturated carbocycles. The molecule has 0 aliphatic rings. The molecule has 1 aromatic heterocycles. The van der Waals surface area contributed by atoms with Gasteiger partial charge in [-0.2, -0.15) is 5.10 Å². The second kappa shape index (κ2) is 9.27. The minimum Gasteiger partial charge on any atom is -0.497 e. The van der Waals surface area contributed by atoms with Crippen LogP contribution in [0.1, 0.15) is 5.56 Å². The summed E-state index contributed by atoms with van der Waals surface area (Å²) in [6.45, 7) is 0.545. The summed E-state index contributed by atoms with van der Waals surface area (Å²) >= 11 is 15.1. The first kappa shape index (κ1) is 20.4. The second-order valence-electron chi connectivity index (χ2n) is 5.76. The Morgan fingerprint density at radius 3 is 2.68 bits per heavy atom. The molecule has 0 amide bonds. The lowest BCUT2D eigenvalue weighted by molar-refractivity contribution is 0.405. The predicted molar refractivity (Wildman–Crippen MR) is 120 cm³/mol. The number of aromatic nitrogens is 2. The molecule has 6 nitrogen and oxygen atoms in total. The Labute approximate surface area is 181 Å². The number of thiocarbonyl (C=S) groups is 1. The molecular formula is C19H18BrClN4O2S. The van der Waals surface area contributed by atoms with Crippen LogP contribution in [0.5, 0.6) is 11.5 Å². The number of hydrogen-bond donors (Lipinski definition) is 2. The number of benzene rings is 2. The van der Waals surface area contributed by atoms with Gasteiger partial charge in [0.2, 0.25) is 0 Å². The highest BCUT2D eigenvalue weighted by Gasteiger charge is 2.12. The Morgan fingerprint density at radius 2 is 1.96 bits per heavy atom. The summed E-state index contributed by atoms with van der Waals surface area (Å²) in [6.07, 6.45) is 1.86. The van der Waals surface area contributed by atoms with Gasteiger partial charge in [0.25, 0.3) is 0 Å². The van der Waals surface area contributed by atoms with Crippen molar-refractivity contribution in [1.82, 2.24) is 9.78 Å². The van der Waals surface area contributed by atoms with Crippen LogP contribution in [-0.4, -0.2) is 29.1 Å². The number of nitrogens with one attached hydrogen (secondary N) is 2. The molecule has 3 aromatic rings. The molecular weight excluding hydrogens is 464 g/mol. The van der Waals surface area contributed by atoms with Crippen molar-refractivity contribution in [1.29, 1.82) is 0 Å². The van der Waals surface area contributed by atoms with Gasteiger partial charge in [-0.1, -0.05) is 29.8 Å². The summed E-state index contributed by atoms with van der Waals surface area (Å²) < 4.78 is 13.2. The van der Waals surface area contributed by atoms with E-state index in [1.54, 1.807) is 31.0 Å². The van der Waals surface area contributed by atoms with Crippen molar-refractivity contribution in [2.24, 2.45) is 0 Å². The molecule has 0 atom stereocenters. The molecule has 3 rings (SSSR count). The van der Waals surface area contributed by atoms with Gasteiger partial charge in [0.1, 0.15) is 11.5 Å². The van der Waals surface area contributed by atoms with E-state index in [1.165, 1.54) is 0 Å². The average molecular weight is 482 g/mol. The predicted octanol–water partition coefficient (Wildman–Crippen LogP) is 5.17. The number of rotatable bonds is 6. The quantitative estimate of drug-likeness (QED) is 0.474. The lowest BCUT2D eigenvalue weighted by Gasteiger charge is -2.13. The number of anilines is 2. The third kappa shape index (κ3) is 4.95. The summed E-state index contributed by atoms with van der Waals surface area (Å²) in [7, 11) is 3.20. The fourth-order valence-electron chi connectivity index (χ4n) is 2.54. The summed E-state index contributed by atoms with van der Waals surface area (Å²) in [4.78, 5) is 0. The van der Waals surface area contributed by atoms with Crippen LogP contribution in [0.25, 0.3) is 0 Å². The third-order valence-electron chi connectivity index (χ3n) is 3.89. The first-order valence-corrected chi connectivity index (χ1v) is 9.84. The summed E-state index contributed by atoms with van der Waals surface area (Å²) in [5.74, 6) is 1.93. The molecule has 0 unspecified atom stereocenters. The molecule has 0 saturated heterocycles. The van der Waals surface area contributed by atoms with Crippen molar-refractivity contribution >= 4 is 56.4 Å². The van der Waals surface area contributed by atoms with Crippen molar-refractivity contribution in [2.75, 3.05) is 24.9 Å².